The Kier molecular flexibility index (Phi) is 4.16. The van der Waals surface area contributed by atoms with E-state index >= 15 is 0 Å². The fourth-order valence-corrected chi connectivity index (χ4v) is 3.50. The maximum atomic E-state index is 12.3. The zero-order chi connectivity index (χ0) is 18.1. The van der Waals surface area contributed by atoms with Crippen molar-refractivity contribution in [3.05, 3.63) is 64.2 Å². The summed E-state index contributed by atoms with van der Waals surface area (Å²) in [6, 6.07) is 10.7. The lowest BCUT2D eigenvalue weighted by Gasteiger charge is -2.17. The van der Waals surface area contributed by atoms with Crippen LogP contribution in [0.1, 0.15) is 50.2 Å². The van der Waals surface area contributed by atoms with Gasteiger partial charge in [-0.1, -0.05) is 6.07 Å². The molecule has 0 aromatic heterocycles. The molecule has 2 aromatic rings. The molecule has 0 bridgehead atoms. The number of nitrogens with one attached hydrogen (secondary N) is 3. The molecule has 0 atom stereocenters. The summed E-state index contributed by atoms with van der Waals surface area (Å²) in [5.41, 5.74) is 10.1. The fraction of sp³-hybridized carbons (Fsp3) is 0.250. The normalized spacial score (nSPS) is 14.8. The van der Waals surface area contributed by atoms with Gasteiger partial charge in [-0.05, 0) is 72.7 Å². The lowest BCUT2D eigenvalue weighted by molar-refractivity contribution is -0.116. The van der Waals surface area contributed by atoms with E-state index in [1.54, 1.807) is 24.3 Å². The lowest BCUT2D eigenvalue weighted by Crippen LogP contribution is -2.41. The maximum absolute atomic E-state index is 12.3. The van der Waals surface area contributed by atoms with Gasteiger partial charge < -0.3 is 5.32 Å². The van der Waals surface area contributed by atoms with Gasteiger partial charge in [0.05, 0.1) is 0 Å². The monoisotopic (exact) mass is 349 g/mol. The fourth-order valence-electron chi connectivity index (χ4n) is 3.50. The largest absolute Gasteiger partial charge is 0.326 e. The van der Waals surface area contributed by atoms with Gasteiger partial charge in [0.2, 0.25) is 5.91 Å². The van der Waals surface area contributed by atoms with Crippen molar-refractivity contribution in [2.24, 2.45) is 0 Å². The number of hydrogen-bond donors (Lipinski definition) is 3. The van der Waals surface area contributed by atoms with E-state index in [0.29, 0.717) is 24.0 Å². The van der Waals surface area contributed by atoms with Crippen LogP contribution in [-0.4, -0.2) is 17.7 Å². The minimum absolute atomic E-state index is 0.0173. The minimum atomic E-state index is -0.390. The molecule has 3 N–H and O–H groups in total. The highest BCUT2D eigenvalue weighted by molar-refractivity contribution is 6.00. The molecular formula is C20H19N3O3. The summed E-state index contributed by atoms with van der Waals surface area (Å²) in [7, 11) is 0. The number of rotatable bonds is 2. The molecule has 0 radical (unpaired) electrons. The predicted molar refractivity (Wildman–Crippen MR) is 96.8 cm³/mol. The van der Waals surface area contributed by atoms with Crippen LogP contribution in [0.25, 0.3) is 0 Å². The van der Waals surface area contributed by atoms with Gasteiger partial charge in [-0.15, -0.1) is 0 Å². The van der Waals surface area contributed by atoms with Crippen LogP contribution in [0.4, 0.5) is 5.69 Å². The maximum Gasteiger partial charge on any atom is 0.269 e. The molecule has 1 aliphatic heterocycles. The molecule has 2 aliphatic rings. The minimum Gasteiger partial charge on any atom is -0.326 e. The molecule has 3 amide bonds. The Balaban J connectivity index is 1.41. The van der Waals surface area contributed by atoms with Crippen molar-refractivity contribution < 1.29 is 14.4 Å². The van der Waals surface area contributed by atoms with Crippen molar-refractivity contribution in [3.63, 3.8) is 0 Å². The smallest absolute Gasteiger partial charge is 0.269 e. The van der Waals surface area contributed by atoms with Gasteiger partial charge in [0.15, 0.2) is 0 Å². The van der Waals surface area contributed by atoms with Crippen molar-refractivity contribution in [1.82, 2.24) is 10.9 Å². The van der Waals surface area contributed by atoms with Crippen LogP contribution in [0.5, 0.6) is 0 Å². The van der Waals surface area contributed by atoms with Crippen LogP contribution in [0, 0.1) is 0 Å². The number of hydrazine groups is 1. The van der Waals surface area contributed by atoms with Gasteiger partial charge in [-0.3, -0.25) is 25.2 Å². The van der Waals surface area contributed by atoms with E-state index in [1.807, 2.05) is 12.1 Å². The highest BCUT2D eigenvalue weighted by Gasteiger charge is 2.18. The van der Waals surface area contributed by atoms with Crippen molar-refractivity contribution >= 4 is 23.4 Å². The SMILES string of the molecule is O=C1CCc2cc(C(=O)NNC(=O)c3ccc4c(c3)CCC4)ccc2N1. The summed E-state index contributed by atoms with van der Waals surface area (Å²) >= 11 is 0. The molecule has 26 heavy (non-hydrogen) atoms. The zero-order valence-corrected chi connectivity index (χ0v) is 14.2. The Morgan fingerprint density at radius 2 is 1.42 bits per heavy atom. The highest BCUT2D eigenvalue weighted by Crippen LogP contribution is 2.24. The molecule has 4 rings (SSSR count). The van der Waals surface area contributed by atoms with Gasteiger partial charge in [0.1, 0.15) is 0 Å². The molecule has 6 nitrogen and oxygen atoms in total. The molecule has 6 heteroatoms. The second-order valence-corrected chi connectivity index (χ2v) is 6.67. The average molecular weight is 349 g/mol. The van der Waals surface area contributed by atoms with E-state index < -0.39 is 0 Å². The summed E-state index contributed by atoms with van der Waals surface area (Å²) in [5, 5.41) is 2.78. The summed E-state index contributed by atoms with van der Waals surface area (Å²) in [6.07, 6.45) is 4.19. The van der Waals surface area contributed by atoms with Crippen LogP contribution >= 0.6 is 0 Å². The van der Waals surface area contributed by atoms with Gasteiger partial charge in [0.25, 0.3) is 11.8 Å². The van der Waals surface area contributed by atoms with Crippen molar-refractivity contribution in [1.29, 1.82) is 0 Å². The van der Waals surface area contributed by atoms with Crippen molar-refractivity contribution in [2.45, 2.75) is 32.1 Å². The standard InChI is InChI=1S/C20H19N3O3/c24-18-9-7-14-11-16(6-8-17(14)21-18)20(26)23-22-19(25)15-5-4-12-2-1-3-13(12)10-15/h4-6,8,10-11H,1-3,7,9H2,(H,21,24)(H,22,25)(H,23,26). The van der Waals surface area contributed by atoms with E-state index in [9.17, 15) is 14.4 Å². The Bertz CT molecular complexity index is 921. The van der Waals surface area contributed by atoms with Crippen LogP contribution in [0.2, 0.25) is 0 Å². The topological polar surface area (TPSA) is 87.3 Å². The molecule has 0 saturated heterocycles. The number of fused-ring (bicyclic) bond motifs is 2. The first-order valence-electron chi connectivity index (χ1n) is 8.75. The van der Waals surface area contributed by atoms with E-state index in [4.69, 9.17) is 0 Å². The predicted octanol–water partition coefficient (Wildman–Crippen LogP) is 2.13. The van der Waals surface area contributed by atoms with E-state index in [0.717, 1.165) is 30.5 Å². The first-order chi connectivity index (χ1) is 12.6. The molecule has 0 spiro atoms. The molecule has 0 fully saturated rings. The van der Waals surface area contributed by atoms with Gasteiger partial charge >= 0.3 is 0 Å². The molecule has 1 aliphatic carbocycles. The van der Waals surface area contributed by atoms with Crippen LogP contribution in [0.3, 0.4) is 0 Å². The first kappa shape index (κ1) is 16.3. The van der Waals surface area contributed by atoms with Crippen molar-refractivity contribution in [3.8, 4) is 0 Å². The third-order valence-electron chi connectivity index (χ3n) is 4.91. The van der Waals surface area contributed by atoms with E-state index in [1.165, 1.54) is 11.1 Å². The number of carbonyl (C=O) groups is 3. The molecule has 132 valence electrons. The van der Waals surface area contributed by atoms with Gasteiger partial charge in [-0.2, -0.15) is 0 Å². The second kappa shape index (κ2) is 6.63. The summed E-state index contributed by atoms with van der Waals surface area (Å²) in [6.45, 7) is 0. The Morgan fingerprint density at radius 3 is 2.19 bits per heavy atom. The third-order valence-corrected chi connectivity index (χ3v) is 4.91. The van der Waals surface area contributed by atoms with Crippen LogP contribution in [-0.2, 0) is 24.1 Å². The summed E-state index contributed by atoms with van der Waals surface area (Å²) in [4.78, 5) is 36.0. The number of aryl methyl sites for hydroxylation is 3. The lowest BCUT2D eigenvalue weighted by atomic mass is 10.0. The summed E-state index contributed by atoms with van der Waals surface area (Å²) in [5.74, 6) is -0.742. The van der Waals surface area contributed by atoms with Crippen molar-refractivity contribution in [2.75, 3.05) is 5.32 Å². The first-order valence-corrected chi connectivity index (χ1v) is 8.75. The number of hydrogen-bond acceptors (Lipinski definition) is 3. The quantitative estimate of drug-likeness (QED) is 0.726. The average Bonchev–Trinajstić information content (AvgIpc) is 3.13. The number of amides is 3. The van der Waals surface area contributed by atoms with Gasteiger partial charge in [-0.25, -0.2) is 0 Å². The third kappa shape index (κ3) is 3.18. The number of anilines is 1. The van der Waals surface area contributed by atoms with Crippen LogP contribution < -0.4 is 16.2 Å². The van der Waals surface area contributed by atoms with E-state index in [-0.39, 0.29) is 17.7 Å². The van der Waals surface area contributed by atoms with E-state index in [2.05, 4.69) is 16.2 Å². The highest BCUT2D eigenvalue weighted by atomic mass is 16.2. The number of carbonyl (C=O) groups excluding carboxylic acids is 3. The molecular weight excluding hydrogens is 330 g/mol. The molecule has 0 unspecified atom stereocenters. The van der Waals surface area contributed by atoms with Gasteiger partial charge in [0, 0.05) is 23.2 Å². The molecule has 1 heterocycles. The zero-order valence-electron chi connectivity index (χ0n) is 14.2. The second-order valence-electron chi connectivity index (χ2n) is 6.67. The summed E-state index contributed by atoms with van der Waals surface area (Å²) < 4.78 is 0. The molecule has 2 aromatic carbocycles. The Labute approximate surface area is 151 Å². The Morgan fingerprint density at radius 1 is 0.769 bits per heavy atom. The molecule has 0 saturated carbocycles. The number of benzene rings is 2. The van der Waals surface area contributed by atoms with Crippen LogP contribution in [0.15, 0.2) is 36.4 Å². The Hall–Kier alpha value is -3.15.